The van der Waals surface area contributed by atoms with Gasteiger partial charge < -0.3 is 10.1 Å². The van der Waals surface area contributed by atoms with E-state index in [-0.39, 0.29) is 0 Å². The van der Waals surface area contributed by atoms with Crippen LogP contribution in [0.1, 0.15) is 38.3 Å². The number of hydrogen-bond donors (Lipinski definition) is 1. The molecule has 0 aliphatic heterocycles. The number of hydrogen-bond acceptors (Lipinski definition) is 3. The lowest BCUT2D eigenvalue weighted by Crippen LogP contribution is -2.44. The monoisotopic (exact) mass is 220 g/mol. The molecule has 0 unspecified atom stereocenters. The molecule has 0 saturated heterocycles. The zero-order valence-corrected chi connectivity index (χ0v) is 10.3. The third-order valence-corrected chi connectivity index (χ3v) is 3.61. The molecule has 1 saturated carbocycles. The Morgan fingerprint density at radius 3 is 2.75 bits per heavy atom. The van der Waals surface area contributed by atoms with Crippen molar-refractivity contribution in [3.05, 3.63) is 18.0 Å². The molecule has 1 aliphatic rings. The number of rotatable bonds is 4. The molecule has 1 heterocycles. The fourth-order valence-corrected chi connectivity index (χ4v) is 2.26. The van der Waals surface area contributed by atoms with Crippen LogP contribution in [-0.4, -0.2) is 17.6 Å². The summed E-state index contributed by atoms with van der Waals surface area (Å²) in [5.41, 5.74) is 2.39. The number of methoxy groups -OCH3 is 1. The number of nitrogens with zero attached hydrogens (tertiary/aromatic N) is 1. The van der Waals surface area contributed by atoms with Crippen molar-refractivity contribution >= 4 is 5.69 Å². The van der Waals surface area contributed by atoms with E-state index in [0.29, 0.717) is 5.54 Å². The molecular weight excluding hydrogens is 200 g/mol. The van der Waals surface area contributed by atoms with Gasteiger partial charge in [-0.2, -0.15) is 0 Å². The molecule has 1 aromatic heterocycles. The van der Waals surface area contributed by atoms with E-state index in [0.717, 1.165) is 23.6 Å². The number of anilines is 1. The summed E-state index contributed by atoms with van der Waals surface area (Å²) in [7, 11) is 1.69. The van der Waals surface area contributed by atoms with Crippen LogP contribution in [0.3, 0.4) is 0 Å². The summed E-state index contributed by atoms with van der Waals surface area (Å²) in [5.74, 6) is 0.838. The maximum absolute atomic E-state index is 5.33. The summed E-state index contributed by atoms with van der Waals surface area (Å²) in [6, 6.07) is 2.06. The Morgan fingerprint density at radius 2 is 2.25 bits per heavy atom. The van der Waals surface area contributed by atoms with Crippen LogP contribution in [0.15, 0.2) is 12.3 Å². The fourth-order valence-electron chi connectivity index (χ4n) is 2.26. The van der Waals surface area contributed by atoms with Crippen LogP contribution in [0.5, 0.6) is 5.75 Å². The van der Waals surface area contributed by atoms with Gasteiger partial charge in [0, 0.05) is 11.2 Å². The smallest absolute Gasteiger partial charge is 0.160 e. The van der Waals surface area contributed by atoms with Crippen molar-refractivity contribution in [3.8, 4) is 5.75 Å². The first-order valence-corrected chi connectivity index (χ1v) is 5.98. The molecule has 3 nitrogen and oxygen atoms in total. The van der Waals surface area contributed by atoms with Gasteiger partial charge in [-0.15, -0.1) is 0 Å². The highest BCUT2D eigenvalue weighted by molar-refractivity contribution is 5.57. The van der Waals surface area contributed by atoms with Gasteiger partial charge in [-0.3, -0.25) is 4.98 Å². The Bertz CT molecular complexity index is 367. The van der Waals surface area contributed by atoms with Gasteiger partial charge in [0.1, 0.15) is 0 Å². The molecule has 0 radical (unpaired) electrons. The predicted octanol–water partition coefficient (Wildman–Crippen LogP) is 3.14. The molecule has 1 N–H and O–H groups in total. The number of aryl methyl sites for hydroxylation is 1. The van der Waals surface area contributed by atoms with Crippen molar-refractivity contribution in [3.63, 3.8) is 0 Å². The molecule has 1 aliphatic carbocycles. The molecule has 0 aromatic carbocycles. The van der Waals surface area contributed by atoms with E-state index in [4.69, 9.17) is 4.74 Å². The first kappa shape index (κ1) is 11.2. The number of pyridine rings is 1. The zero-order chi connectivity index (χ0) is 11.6. The number of aromatic nitrogens is 1. The third kappa shape index (κ3) is 1.99. The van der Waals surface area contributed by atoms with E-state index >= 15 is 0 Å². The van der Waals surface area contributed by atoms with Crippen molar-refractivity contribution in [2.24, 2.45) is 0 Å². The first-order chi connectivity index (χ1) is 7.69. The van der Waals surface area contributed by atoms with Gasteiger partial charge in [0.05, 0.1) is 19.0 Å². The average Bonchev–Trinajstić information content (AvgIpc) is 2.24. The maximum Gasteiger partial charge on any atom is 0.160 e. The summed E-state index contributed by atoms with van der Waals surface area (Å²) < 4.78 is 5.33. The molecule has 0 spiro atoms. The van der Waals surface area contributed by atoms with Gasteiger partial charge in [0.2, 0.25) is 0 Å². The summed E-state index contributed by atoms with van der Waals surface area (Å²) in [6.45, 7) is 4.25. The minimum atomic E-state index is 0.293. The molecular formula is C13H20N2O. The Kier molecular flexibility index (Phi) is 3.03. The van der Waals surface area contributed by atoms with Crippen LogP contribution in [0.4, 0.5) is 5.69 Å². The second kappa shape index (κ2) is 4.32. The van der Waals surface area contributed by atoms with Crippen LogP contribution in [0, 0.1) is 6.92 Å². The minimum absolute atomic E-state index is 0.293. The van der Waals surface area contributed by atoms with Crippen LogP contribution in [0.25, 0.3) is 0 Å². The predicted molar refractivity (Wildman–Crippen MR) is 66.0 cm³/mol. The number of ether oxygens (including phenoxy) is 1. The normalized spacial score (nSPS) is 17.7. The lowest BCUT2D eigenvalue weighted by molar-refractivity contribution is 0.268. The maximum atomic E-state index is 5.33. The summed E-state index contributed by atoms with van der Waals surface area (Å²) in [6.07, 6.45) is 6.80. The second-order valence-corrected chi connectivity index (χ2v) is 4.64. The SMILES string of the molecule is CCC1(Nc2cc(C)ncc2OC)CCC1. The van der Waals surface area contributed by atoms with Crippen molar-refractivity contribution in [1.29, 1.82) is 0 Å². The average molecular weight is 220 g/mol. The summed E-state index contributed by atoms with van der Waals surface area (Å²) >= 11 is 0. The third-order valence-electron chi connectivity index (χ3n) is 3.61. The fraction of sp³-hybridized carbons (Fsp3) is 0.615. The van der Waals surface area contributed by atoms with Gasteiger partial charge in [-0.05, 0) is 38.7 Å². The molecule has 1 fully saturated rings. The molecule has 0 bridgehead atoms. The molecule has 88 valence electrons. The molecule has 3 heteroatoms. The van der Waals surface area contributed by atoms with E-state index in [2.05, 4.69) is 23.3 Å². The van der Waals surface area contributed by atoms with E-state index in [1.54, 1.807) is 13.3 Å². The van der Waals surface area contributed by atoms with E-state index in [1.807, 2.05) is 6.92 Å². The van der Waals surface area contributed by atoms with Crippen molar-refractivity contribution in [1.82, 2.24) is 4.98 Å². The van der Waals surface area contributed by atoms with E-state index in [9.17, 15) is 0 Å². The Labute approximate surface area is 97.2 Å². The lowest BCUT2D eigenvalue weighted by atomic mass is 9.74. The number of nitrogens with one attached hydrogen (secondary N) is 1. The lowest BCUT2D eigenvalue weighted by Gasteiger charge is -2.43. The first-order valence-electron chi connectivity index (χ1n) is 5.98. The van der Waals surface area contributed by atoms with Gasteiger partial charge >= 0.3 is 0 Å². The summed E-state index contributed by atoms with van der Waals surface area (Å²) in [5, 5.41) is 3.64. The Balaban J connectivity index is 2.22. The van der Waals surface area contributed by atoms with E-state index < -0.39 is 0 Å². The van der Waals surface area contributed by atoms with Gasteiger partial charge in [0.15, 0.2) is 5.75 Å². The topological polar surface area (TPSA) is 34.2 Å². The van der Waals surface area contributed by atoms with Crippen LogP contribution in [0.2, 0.25) is 0 Å². The van der Waals surface area contributed by atoms with Crippen LogP contribution >= 0.6 is 0 Å². The largest absolute Gasteiger partial charge is 0.493 e. The molecule has 0 atom stereocenters. The quantitative estimate of drug-likeness (QED) is 0.846. The highest BCUT2D eigenvalue weighted by Gasteiger charge is 2.35. The Morgan fingerprint density at radius 1 is 1.50 bits per heavy atom. The molecule has 16 heavy (non-hydrogen) atoms. The molecule has 0 amide bonds. The van der Waals surface area contributed by atoms with Gasteiger partial charge in [0.25, 0.3) is 0 Å². The minimum Gasteiger partial charge on any atom is -0.493 e. The van der Waals surface area contributed by atoms with E-state index in [1.165, 1.54) is 19.3 Å². The van der Waals surface area contributed by atoms with Gasteiger partial charge in [-0.25, -0.2) is 0 Å². The highest BCUT2D eigenvalue weighted by atomic mass is 16.5. The van der Waals surface area contributed by atoms with Gasteiger partial charge in [-0.1, -0.05) is 6.92 Å². The molecule has 1 aromatic rings. The van der Waals surface area contributed by atoms with Crippen LogP contribution in [-0.2, 0) is 0 Å². The van der Waals surface area contributed by atoms with Crippen molar-refractivity contribution < 1.29 is 4.74 Å². The molecule has 2 rings (SSSR count). The highest BCUT2D eigenvalue weighted by Crippen LogP contribution is 2.40. The second-order valence-electron chi connectivity index (χ2n) is 4.64. The zero-order valence-electron chi connectivity index (χ0n) is 10.3. The van der Waals surface area contributed by atoms with Crippen molar-refractivity contribution in [2.45, 2.75) is 45.1 Å². The standard InChI is InChI=1S/C13H20N2O/c1-4-13(6-5-7-13)15-11-8-10(2)14-9-12(11)16-3/h8-9H,4-7H2,1-3H3,(H,14,15). The van der Waals surface area contributed by atoms with Crippen molar-refractivity contribution in [2.75, 3.05) is 12.4 Å². The Hall–Kier alpha value is -1.25. The van der Waals surface area contributed by atoms with Crippen LogP contribution < -0.4 is 10.1 Å². The summed E-state index contributed by atoms with van der Waals surface area (Å²) in [4.78, 5) is 4.25.